The Balaban J connectivity index is 1.49. The Morgan fingerprint density at radius 2 is 2.14 bits per heavy atom. The van der Waals surface area contributed by atoms with E-state index in [0.717, 1.165) is 55.9 Å². The highest BCUT2D eigenvalue weighted by Gasteiger charge is 2.32. The average molecular weight is 306 g/mol. The molecule has 5 heteroatoms. The van der Waals surface area contributed by atoms with E-state index >= 15 is 0 Å². The van der Waals surface area contributed by atoms with Gasteiger partial charge in [0.05, 0.1) is 26.9 Å². The molecule has 0 spiro atoms. The lowest BCUT2D eigenvalue weighted by atomic mass is 10.1. The third kappa shape index (κ3) is 3.91. The van der Waals surface area contributed by atoms with Crippen LogP contribution < -0.4 is 14.8 Å². The van der Waals surface area contributed by atoms with Gasteiger partial charge in [0.1, 0.15) is 11.5 Å². The number of ether oxygens (including phenoxy) is 3. The molecule has 0 unspecified atom stereocenters. The molecule has 5 nitrogen and oxygen atoms in total. The molecule has 0 radical (unpaired) electrons. The molecule has 1 aromatic carbocycles. The van der Waals surface area contributed by atoms with Crippen LogP contribution in [0, 0.1) is 0 Å². The van der Waals surface area contributed by atoms with Gasteiger partial charge >= 0.3 is 0 Å². The number of nitrogens with zero attached hydrogens (tertiary/aromatic N) is 1. The van der Waals surface area contributed by atoms with Gasteiger partial charge in [0.2, 0.25) is 0 Å². The zero-order valence-electron chi connectivity index (χ0n) is 13.5. The summed E-state index contributed by atoms with van der Waals surface area (Å²) >= 11 is 0. The lowest BCUT2D eigenvalue weighted by Gasteiger charge is -2.33. The Morgan fingerprint density at radius 3 is 2.86 bits per heavy atom. The van der Waals surface area contributed by atoms with Crippen molar-refractivity contribution in [1.29, 1.82) is 0 Å². The van der Waals surface area contributed by atoms with Gasteiger partial charge in [-0.2, -0.15) is 0 Å². The van der Waals surface area contributed by atoms with E-state index in [1.807, 2.05) is 18.2 Å². The maximum absolute atomic E-state index is 5.87. The number of hydrogen-bond acceptors (Lipinski definition) is 5. The van der Waals surface area contributed by atoms with Crippen molar-refractivity contribution >= 4 is 0 Å². The minimum absolute atomic E-state index is 0.283. The monoisotopic (exact) mass is 306 g/mol. The van der Waals surface area contributed by atoms with Crippen LogP contribution in [0.15, 0.2) is 18.2 Å². The van der Waals surface area contributed by atoms with Crippen LogP contribution >= 0.6 is 0 Å². The molecule has 22 heavy (non-hydrogen) atoms. The molecular formula is C17H26N2O3. The molecule has 0 amide bonds. The number of rotatable bonds is 7. The van der Waals surface area contributed by atoms with E-state index in [0.29, 0.717) is 0 Å². The molecule has 1 saturated carbocycles. The van der Waals surface area contributed by atoms with Gasteiger partial charge in [-0.15, -0.1) is 0 Å². The van der Waals surface area contributed by atoms with E-state index in [-0.39, 0.29) is 6.10 Å². The molecule has 0 aromatic heterocycles. The SMILES string of the molecule is COc1ccc(OC)c(CNC[C@H]2CN(C3CC3)CCO2)c1. The summed E-state index contributed by atoms with van der Waals surface area (Å²) in [5.74, 6) is 1.74. The second kappa shape index (κ2) is 7.31. The summed E-state index contributed by atoms with van der Waals surface area (Å²) in [4.78, 5) is 2.57. The third-order valence-corrected chi connectivity index (χ3v) is 4.41. The van der Waals surface area contributed by atoms with Crippen molar-refractivity contribution in [2.75, 3.05) is 40.5 Å². The fraction of sp³-hybridized carbons (Fsp3) is 0.647. The van der Waals surface area contributed by atoms with Gasteiger partial charge < -0.3 is 19.5 Å². The second-order valence-corrected chi connectivity index (χ2v) is 6.03. The van der Waals surface area contributed by atoms with Crippen molar-refractivity contribution in [3.05, 3.63) is 23.8 Å². The number of benzene rings is 1. The van der Waals surface area contributed by atoms with E-state index in [4.69, 9.17) is 14.2 Å². The Hall–Kier alpha value is -1.30. The summed E-state index contributed by atoms with van der Waals surface area (Å²) in [6.07, 6.45) is 3.01. The fourth-order valence-electron chi connectivity index (χ4n) is 3.02. The summed E-state index contributed by atoms with van der Waals surface area (Å²) in [5.41, 5.74) is 1.11. The molecule has 2 fully saturated rings. The van der Waals surface area contributed by atoms with E-state index in [1.165, 1.54) is 12.8 Å². The molecule has 3 rings (SSSR count). The highest BCUT2D eigenvalue weighted by Crippen LogP contribution is 2.28. The number of methoxy groups -OCH3 is 2. The van der Waals surface area contributed by atoms with Gasteiger partial charge in [0, 0.05) is 37.8 Å². The molecule has 2 aliphatic rings. The fourth-order valence-corrected chi connectivity index (χ4v) is 3.02. The summed E-state index contributed by atoms with van der Waals surface area (Å²) in [7, 11) is 3.38. The van der Waals surface area contributed by atoms with Crippen molar-refractivity contribution in [2.24, 2.45) is 0 Å². The molecule has 1 aliphatic heterocycles. The van der Waals surface area contributed by atoms with Gasteiger partial charge in [-0.3, -0.25) is 4.90 Å². The van der Waals surface area contributed by atoms with Crippen molar-refractivity contribution in [3.8, 4) is 11.5 Å². The summed E-state index contributed by atoms with van der Waals surface area (Å²) in [6.45, 7) is 4.61. The molecule has 122 valence electrons. The second-order valence-electron chi connectivity index (χ2n) is 6.03. The van der Waals surface area contributed by atoms with Crippen LogP contribution in [0.5, 0.6) is 11.5 Å². The summed E-state index contributed by atoms with van der Waals surface area (Å²) < 4.78 is 16.6. The largest absolute Gasteiger partial charge is 0.497 e. The maximum atomic E-state index is 5.87. The van der Waals surface area contributed by atoms with Crippen molar-refractivity contribution in [3.63, 3.8) is 0 Å². The quantitative estimate of drug-likeness (QED) is 0.830. The molecular weight excluding hydrogens is 280 g/mol. The predicted octanol–water partition coefficient (Wildman–Crippen LogP) is 1.66. The number of nitrogens with one attached hydrogen (secondary N) is 1. The van der Waals surface area contributed by atoms with E-state index in [9.17, 15) is 0 Å². The van der Waals surface area contributed by atoms with Crippen LogP contribution in [-0.4, -0.2) is 57.5 Å². The molecule has 1 atom stereocenters. The normalized spacial score (nSPS) is 22.5. The average Bonchev–Trinajstić information content (AvgIpc) is 3.40. The first-order valence-electron chi connectivity index (χ1n) is 8.07. The van der Waals surface area contributed by atoms with Crippen LogP contribution in [0.25, 0.3) is 0 Å². The highest BCUT2D eigenvalue weighted by atomic mass is 16.5. The van der Waals surface area contributed by atoms with Gasteiger partial charge in [0.25, 0.3) is 0 Å². The standard InChI is InChI=1S/C17H26N2O3/c1-20-15-5-6-17(21-2)13(9-15)10-18-11-16-12-19(7-8-22-16)14-3-4-14/h5-6,9,14,16,18H,3-4,7-8,10-12H2,1-2H3/t16-/m0/s1. The van der Waals surface area contributed by atoms with E-state index in [1.54, 1.807) is 14.2 Å². The predicted molar refractivity (Wildman–Crippen MR) is 85.6 cm³/mol. The maximum Gasteiger partial charge on any atom is 0.123 e. The van der Waals surface area contributed by atoms with Crippen LogP contribution in [0.2, 0.25) is 0 Å². The van der Waals surface area contributed by atoms with Crippen LogP contribution in [0.4, 0.5) is 0 Å². The zero-order valence-corrected chi connectivity index (χ0v) is 13.5. The Morgan fingerprint density at radius 1 is 1.27 bits per heavy atom. The van der Waals surface area contributed by atoms with Gasteiger partial charge in [-0.25, -0.2) is 0 Å². The Labute approximate surface area is 132 Å². The van der Waals surface area contributed by atoms with E-state index in [2.05, 4.69) is 10.2 Å². The minimum Gasteiger partial charge on any atom is -0.497 e. The first-order valence-corrected chi connectivity index (χ1v) is 8.07. The topological polar surface area (TPSA) is 43.0 Å². The summed E-state index contributed by atoms with van der Waals surface area (Å²) in [6, 6.07) is 6.70. The smallest absolute Gasteiger partial charge is 0.123 e. The van der Waals surface area contributed by atoms with Crippen LogP contribution in [0.1, 0.15) is 18.4 Å². The van der Waals surface area contributed by atoms with Crippen molar-refractivity contribution < 1.29 is 14.2 Å². The lowest BCUT2D eigenvalue weighted by Crippen LogP contribution is -2.47. The van der Waals surface area contributed by atoms with Gasteiger partial charge in [-0.05, 0) is 31.0 Å². The minimum atomic E-state index is 0.283. The molecule has 1 saturated heterocycles. The summed E-state index contributed by atoms with van der Waals surface area (Å²) in [5, 5.41) is 3.49. The van der Waals surface area contributed by atoms with Crippen molar-refractivity contribution in [2.45, 2.75) is 31.5 Å². The number of hydrogen-bond donors (Lipinski definition) is 1. The van der Waals surface area contributed by atoms with Crippen LogP contribution in [0.3, 0.4) is 0 Å². The van der Waals surface area contributed by atoms with Gasteiger partial charge in [0.15, 0.2) is 0 Å². The molecule has 1 aromatic rings. The first-order chi connectivity index (χ1) is 10.8. The Kier molecular flexibility index (Phi) is 5.18. The van der Waals surface area contributed by atoms with E-state index < -0.39 is 0 Å². The van der Waals surface area contributed by atoms with Gasteiger partial charge in [-0.1, -0.05) is 0 Å². The third-order valence-electron chi connectivity index (χ3n) is 4.41. The Bertz CT molecular complexity index is 491. The number of morpholine rings is 1. The first kappa shape index (κ1) is 15.6. The molecule has 1 aliphatic carbocycles. The zero-order chi connectivity index (χ0) is 15.4. The highest BCUT2D eigenvalue weighted by molar-refractivity contribution is 5.40. The molecule has 0 bridgehead atoms. The van der Waals surface area contributed by atoms with Crippen LogP contribution in [-0.2, 0) is 11.3 Å². The van der Waals surface area contributed by atoms with Crippen molar-refractivity contribution in [1.82, 2.24) is 10.2 Å². The molecule has 1 N–H and O–H groups in total. The molecule has 1 heterocycles. The lowest BCUT2D eigenvalue weighted by molar-refractivity contribution is -0.0301.